The van der Waals surface area contributed by atoms with Crippen LogP contribution in [0.5, 0.6) is 11.5 Å². The fraction of sp³-hybridized carbons (Fsp3) is 0.261. The predicted octanol–water partition coefficient (Wildman–Crippen LogP) is 4.60. The molecule has 0 spiro atoms. The lowest BCUT2D eigenvalue weighted by Crippen LogP contribution is -2.31. The minimum atomic E-state index is -0.438. The van der Waals surface area contributed by atoms with Crippen molar-refractivity contribution in [2.45, 2.75) is 30.2 Å². The summed E-state index contributed by atoms with van der Waals surface area (Å²) in [4.78, 5) is 32.8. The summed E-state index contributed by atoms with van der Waals surface area (Å²) in [5.74, 6) is 1.40. The Morgan fingerprint density at radius 2 is 2.03 bits per heavy atom. The largest absolute Gasteiger partial charge is 0.493 e. The number of hydrogen-bond donors (Lipinski definition) is 2. The van der Waals surface area contributed by atoms with Crippen molar-refractivity contribution in [3.63, 3.8) is 0 Å². The summed E-state index contributed by atoms with van der Waals surface area (Å²) in [6.45, 7) is 2.35. The van der Waals surface area contributed by atoms with Crippen molar-refractivity contribution in [1.29, 1.82) is 0 Å². The molecule has 1 amide bonds. The van der Waals surface area contributed by atoms with Gasteiger partial charge < -0.3 is 19.8 Å². The van der Waals surface area contributed by atoms with Gasteiger partial charge >= 0.3 is 0 Å². The average Bonchev–Trinajstić information content (AvgIpc) is 2.77. The molecule has 166 valence electrons. The maximum atomic E-state index is 13.0. The molecule has 4 rings (SSSR count). The summed E-state index contributed by atoms with van der Waals surface area (Å²) >= 11 is 7.41. The number of nitrogens with one attached hydrogen (secondary N) is 2. The van der Waals surface area contributed by atoms with E-state index in [9.17, 15) is 9.59 Å². The van der Waals surface area contributed by atoms with Crippen LogP contribution in [0.4, 0.5) is 5.82 Å². The van der Waals surface area contributed by atoms with Crippen LogP contribution in [-0.2, 0) is 10.5 Å². The third-order valence-corrected chi connectivity index (χ3v) is 6.26. The zero-order valence-corrected chi connectivity index (χ0v) is 19.2. The van der Waals surface area contributed by atoms with Gasteiger partial charge in [-0.25, -0.2) is 4.98 Å². The number of thioether (sulfide) groups is 1. The Morgan fingerprint density at radius 3 is 2.78 bits per heavy atom. The number of nitrogens with zero attached hydrogens (tertiary/aromatic N) is 1. The lowest BCUT2D eigenvalue weighted by Gasteiger charge is -2.25. The van der Waals surface area contributed by atoms with Crippen molar-refractivity contribution >= 4 is 35.1 Å². The number of aromatic nitrogens is 2. The minimum absolute atomic E-state index is 0.144. The van der Waals surface area contributed by atoms with E-state index in [1.807, 2.05) is 37.3 Å². The topological polar surface area (TPSA) is 93.3 Å². The van der Waals surface area contributed by atoms with Gasteiger partial charge in [-0.05, 0) is 42.3 Å². The van der Waals surface area contributed by atoms with Gasteiger partial charge in [0, 0.05) is 23.1 Å². The number of carbonyl (C=O) groups is 1. The van der Waals surface area contributed by atoms with E-state index >= 15 is 0 Å². The molecule has 32 heavy (non-hydrogen) atoms. The van der Waals surface area contributed by atoms with E-state index in [1.54, 1.807) is 19.2 Å². The summed E-state index contributed by atoms with van der Waals surface area (Å²) in [6.07, 6.45) is 0.144. The first-order chi connectivity index (χ1) is 15.5. The van der Waals surface area contributed by atoms with Crippen LogP contribution >= 0.6 is 23.4 Å². The molecule has 1 atom stereocenters. The monoisotopic (exact) mass is 471 g/mol. The number of anilines is 1. The molecule has 0 fully saturated rings. The Hall–Kier alpha value is -2.97. The molecule has 0 bridgehead atoms. The summed E-state index contributed by atoms with van der Waals surface area (Å²) in [5, 5.41) is 3.83. The van der Waals surface area contributed by atoms with Crippen molar-refractivity contribution < 1.29 is 14.3 Å². The summed E-state index contributed by atoms with van der Waals surface area (Å²) in [6, 6.07) is 12.9. The maximum Gasteiger partial charge on any atom is 0.257 e. The average molecular weight is 472 g/mol. The number of benzene rings is 2. The molecule has 1 aliphatic rings. The first-order valence-corrected chi connectivity index (χ1v) is 11.5. The van der Waals surface area contributed by atoms with Crippen LogP contribution in [0.1, 0.15) is 36.0 Å². The van der Waals surface area contributed by atoms with Gasteiger partial charge in [0.05, 0.1) is 19.3 Å². The molecule has 2 N–H and O–H groups in total. The standard InChI is InChI=1S/C23H22ClN3O4S/c1-3-31-18-10-14(7-8-17(18)30-2)16-11-19(28)25-21-20(16)22(29)27-23(26-21)32-12-13-5-4-6-15(24)9-13/h4-10,16H,3,11-12H2,1-2H3,(H2,25,26,27,28,29)/t16-/m1/s1. The number of carbonyl (C=O) groups excluding carboxylic acids is 1. The van der Waals surface area contributed by atoms with Crippen molar-refractivity contribution in [3.8, 4) is 11.5 Å². The van der Waals surface area contributed by atoms with Crippen molar-refractivity contribution in [1.82, 2.24) is 9.97 Å². The van der Waals surface area contributed by atoms with E-state index in [4.69, 9.17) is 21.1 Å². The Kier molecular flexibility index (Phi) is 6.72. The smallest absolute Gasteiger partial charge is 0.257 e. The SMILES string of the molecule is CCOc1cc([C@H]2CC(=O)Nc3nc(SCc4cccc(Cl)c4)[nH]c(=O)c32)ccc1OC. The second-order valence-corrected chi connectivity index (χ2v) is 8.60. The van der Waals surface area contributed by atoms with Crippen LogP contribution in [-0.4, -0.2) is 29.6 Å². The van der Waals surface area contributed by atoms with Gasteiger partial charge in [0.25, 0.3) is 5.56 Å². The Balaban J connectivity index is 1.66. The number of amides is 1. The third kappa shape index (κ3) is 4.76. The van der Waals surface area contributed by atoms with Crippen LogP contribution in [0.3, 0.4) is 0 Å². The van der Waals surface area contributed by atoms with E-state index in [0.29, 0.717) is 39.6 Å². The number of ether oxygens (including phenoxy) is 2. The first kappa shape index (κ1) is 22.2. The summed E-state index contributed by atoms with van der Waals surface area (Å²) < 4.78 is 11.0. The normalized spacial score (nSPS) is 15.1. The summed E-state index contributed by atoms with van der Waals surface area (Å²) in [5.41, 5.74) is 1.95. The van der Waals surface area contributed by atoms with Gasteiger partial charge in [0.2, 0.25) is 5.91 Å². The number of aromatic amines is 1. The zero-order chi connectivity index (χ0) is 22.7. The molecule has 7 nitrogen and oxygen atoms in total. The number of rotatable bonds is 7. The van der Waals surface area contributed by atoms with E-state index in [0.717, 1.165) is 11.1 Å². The quantitative estimate of drug-likeness (QED) is 0.386. The first-order valence-electron chi connectivity index (χ1n) is 10.1. The fourth-order valence-corrected chi connectivity index (χ4v) is 4.68. The molecular weight excluding hydrogens is 450 g/mol. The van der Waals surface area contributed by atoms with Gasteiger partial charge in [0.1, 0.15) is 5.82 Å². The van der Waals surface area contributed by atoms with E-state index in [2.05, 4.69) is 15.3 Å². The third-order valence-electron chi connectivity index (χ3n) is 5.08. The highest BCUT2D eigenvalue weighted by atomic mass is 35.5. The Morgan fingerprint density at radius 1 is 1.19 bits per heavy atom. The number of fused-ring (bicyclic) bond motifs is 1. The number of methoxy groups -OCH3 is 1. The minimum Gasteiger partial charge on any atom is -0.493 e. The summed E-state index contributed by atoms with van der Waals surface area (Å²) in [7, 11) is 1.57. The second-order valence-electron chi connectivity index (χ2n) is 7.20. The number of halogens is 1. The Bertz CT molecular complexity index is 1210. The van der Waals surface area contributed by atoms with Gasteiger partial charge in [0.15, 0.2) is 16.7 Å². The van der Waals surface area contributed by atoms with E-state index in [1.165, 1.54) is 11.8 Å². The van der Waals surface area contributed by atoms with Crippen molar-refractivity contribution in [2.75, 3.05) is 19.0 Å². The molecule has 0 aliphatic carbocycles. The molecule has 1 aromatic heterocycles. The molecular formula is C23H22ClN3O4S. The molecule has 0 saturated carbocycles. The Labute approximate surface area is 194 Å². The second kappa shape index (κ2) is 9.67. The van der Waals surface area contributed by atoms with E-state index in [-0.39, 0.29) is 23.7 Å². The van der Waals surface area contributed by atoms with E-state index < -0.39 is 5.92 Å². The van der Waals surface area contributed by atoms with Crippen LogP contribution in [0.15, 0.2) is 52.4 Å². The zero-order valence-electron chi connectivity index (χ0n) is 17.6. The molecule has 0 saturated heterocycles. The van der Waals surface area contributed by atoms with Crippen molar-refractivity contribution in [2.24, 2.45) is 0 Å². The van der Waals surface area contributed by atoms with Crippen molar-refractivity contribution in [3.05, 3.63) is 74.5 Å². The van der Waals surface area contributed by atoms with Gasteiger partial charge in [-0.2, -0.15) is 0 Å². The lowest BCUT2D eigenvalue weighted by molar-refractivity contribution is -0.116. The number of H-pyrrole nitrogens is 1. The molecule has 2 aromatic carbocycles. The number of hydrogen-bond acceptors (Lipinski definition) is 6. The van der Waals surface area contributed by atoms with Crippen LogP contribution in [0.25, 0.3) is 0 Å². The highest BCUT2D eigenvalue weighted by molar-refractivity contribution is 7.98. The lowest BCUT2D eigenvalue weighted by atomic mass is 9.86. The molecule has 1 aliphatic heterocycles. The molecule has 0 radical (unpaired) electrons. The molecule has 2 heterocycles. The van der Waals surface area contributed by atoms with Crippen LogP contribution < -0.4 is 20.3 Å². The molecule has 0 unspecified atom stereocenters. The highest BCUT2D eigenvalue weighted by Gasteiger charge is 2.31. The van der Waals surface area contributed by atoms with Gasteiger partial charge in [-0.1, -0.05) is 41.6 Å². The maximum absolute atomic E-state index is 13.0. The fourth-order valence-electron chi connectivity index (χ4n) is 3.66. The van der Waals surface area contributed by atoms with Crippen LogP contribution in [0.2, 0.25) is 5.02 Å². The van der Waals surface area contributed by atoms with Gasteiger partial charge in [-0.15, -0.1) is 0 Å². The predicted molar refractivity (Wildman–Crippen MR) is 125 cm³/mol. The molecule has 3 aromatic rings. The highest BCUT2D eigenvalue weighted by Crippen LogP contribution is 2.38. The molecule has 9 heteroatoms. The van der Waals surface area contributed by atoms with Crippen LogP contribution in [0, 0.1) is 0 Å². The van der Waals surface area contributed by atoms with Gasteiger partial charge in [-0.3, -0.25) is 9.59 Å².